The fourth-order valence-electron chi connectivity index (χ4n) is 1.85. The van der Waals surface area contributed by atoms with Gasteiger partial charge >= 0.3 is 0 Å². The number of carbonyl (C=O) groups excluding carboxylic acids is 1. The molecule has 110 valence electrons. The summed E-state index contributed by atoms with van der Waals surface area (Å²) in [5, 5.41) is 0.809. The van der Waals surface area contributed by atoms with Crippen molar-refractivity contribution in [1.82, 2.24) is 14.9 Å². The van der Waals surface area contributed by atoms with Crippen LogP contribution in [-0.2, 0) is 0 Å². The highest BCUT2D eigenvalue weighted by Gasteiger charge is 2.20. The van der Waals surface area contributed by atoms with E-state index >= 15 is 0 Å². The molecular weight excluding hydrogens is 309 g/mol. The number of nitrogens with one attached hydrogen (secondary N) is 1. The third-order valence-corrected chi connectivity index (χ3v) is 3.31. The Bertz CT molecular complexity index is 705. The van der Waals surface area contributed by atoms with Gasteiger partial charge in [-0.1, -0.05) is 23.2 Å². The lowest BCUT2D eigenvalue weighted by molar-refractivity contribution is 0.105. The number of hydrogen-bond donors (Lipinski definition) is 1. The number of rotatable bonds is 4. The van der Waals surface area contributed by atoms with Crippen LogP contribution in [0.15, 0.2) is 30.6 Å². The first-order valence-corrected chi connectivity index (χ1v) is 7.04. The van der Waals surface area contributed by atoms with E-state index in [0.29, 0.717) is 27.0 Å². The van der Waals surface area contributed by atoms with Gasteiger partial charge in [-0.2, -0.15) is 0 Å². The van der Waals surface area contributed by atoms with Crippen molar-refractivity contribution in [2.24, 2.45) is 0 Å². The van der Waals surface area contributed by atoms with Gasteiger partial charge in [-0.25, -0.2) is 4.98 Å². The maximum atomic E-state index is 12.7. The zero-order valence-electron chi connectivity index (χ0n) is 11.9. The van der Waals surface area contributed by atoms with E-state index in [-0.39, 0.29) is 5.78 Å². The van der Waals surface area contributed by atoms with Crippen LogP contribution in [0, 0.1) is 6.92 Å². The topological polar surface area (TPSA) is 49.0 Å². The van der Waals surface area contributed by atoms with Crippen molar-refractivity contribution in [2.45, 2.75) is 6.92 Å². The molecule has 2 aromatic rings. The summed E-state index contributed by atoms with van der Waals surface area (Å²) in [5.74, 6) is 0.303. The molecule has 0 amide bonds. The monoisotopic (exact) mass is 323 g/mol. The Hall–Kier alpha value is -1.78. The molecule has 0 spiro atoms. The number of ketones is 1. The average molecular weight is 324 g/mol. The quantitative estimate of drug-likeness (QED) is 0.687. The van der Waals surface area contributed by atoms with Gasteiger partial charge in [0.2, 0.25) is 0 Å². The third-order valence-electron chi connectivity index (χ3n) is 2.77. The lowest BCUT2D eigenvalue weighted by atomic mass is 10.0. The summed E-state index contributed by atoms with van der Waals surface area (Å²) in [5.41, 5.74) is 1.71. The molecule has 0 bridgehead atoms. The van der Waals surface area contributed by atoms with E-state index in [9.17, 15) is 4.79 Å². The number of H-pyrrole nitrogens is 1. The molecule has 1 aromatic heterocycles. The molecule has 0 fully saturated rings. The van der Waals surface area contributed by atoms with Crippen molar-refractivity contribution in [2.75, 3.05) is 14.1 Å². The molecule has 0 saturated carbocycles. The number of allylic oxidation sites excluding steroid dienone is 1. The van der Waals surface area contributed by atoms with Gasteiger partial charge in [-0.15, -0.1) is 0 Å². The second-order valence-electron chi connectivity index (χ2n) is 4.87. The number of imidazole rings is 1. The van der Waals surface area contributed by atoms with Crippen LogP contribution in [0.25, 0.3) is 5.57 Å². The number of halogens is 2. The van der Waals surface area contributed by atoms with E-state index in [4.69, 9.17) is 23.2 Å². The summed E-state index contributed by atoms with van der Waals surface area (Å²) in [6, 6.07) is 4.81. The molecular formula is C15H15Cl2N3O. The SMILES string of the molecule is Cc1cnc(C(=CN(C)C)C(=O)c2ccc(Cl)cc2Cl)[nH]1. The van der Waals surface area contributed by atoms with Crippen molar-refractivity contribution >= 4 is 34.6 Å². The van der Waals surface area contributed by atoms with E-state index in [1.807, 2.05) is 21.0 Å². The lowest BCUT2D eigenvalue weighted by Crippen LogP contribution is -2.10. The maximum Gasteiger partial charge on any atom is 0.199 e. The Kier molecular flexibility index (Phi) is 4.70. The zero-order valence-corrected chi connectivity index (χ0v) is 13.5. The number of aromatic amines is 1. The van der Waals surface area contributed by atoms with Crippen molar-refractivity contribution in [3.05, 3.63) is 57.7 Å². The number of nitrogens with zero attached hydrogens (tertiary/aromatic N) is 2. The highest BCUT2D eigenvalue weighted by atomic mass is 35.5. The minimum Gasteiger partial charge on any atom is -0.383 e. The molecule has 0 radical (unpaired) electrons. The van der Waals surface area contributed by atoms with Gasteiger partial charge in [0.25, 0.3) is 0 Å². The minimum atomic E-state index is -0.209. The summed E-state index contributed by atoms with van der Waals surface area (Å²) in [6.07, 6.45) is 3.39. The summed E-state index contributed by atoms with van der Waals surface area (Å²) >= 11 is 12.0. The standard InChI is InChI=1S/C15H15Cl2N3O/c1-9-7-18-15(19-9)12(8-20(2)3)14(21)11-5-4-10(16)6-13(11)17/h4-8H,1-3H3,(H,18,19). The van der Waals surface area contributed by atoms with E-state index in [0.717, 1.165) is 5.69 Å². The Balaban J connectivity index is 2.49. The lowest BCUT2D eigenvalue weighted by Gasteiger charge is -2.11. The van der Waals surface area contributed by atoms with E-state index in [1.54, 1.807) is 35.5 Å². The highest BCUT2D eigenvalue weighted by Crippen LogP contribution is 2.26. The number of Topliss-reactive ketones (excluding diaryl/α,β-unsaturated/α-hetero) is 1. The average Bonchev–Trinajstić information content (AvgIpc) is 2.81. The molecule has 0 aliphatic carbocycles. The Morgan fingerprint density at radius 3 is 2.57 bits per heavy atom. The summed E-state index contributed by atoms with van der Waals surface area (Å²) < 4.78 is 0. The molecule has 0 unspecified atom stereocenters. The Morgan fingerprint density at radius 1 is 1.33 bits per heavy atom. The van der Waals surface area contributed by atoms with Crippen molar-refractivity contribution < 1.29 is 4.79 Å². The Labute approximate surface area is 133 Å². The van der Waals surface area contributed by atoms with E-state index in [1.165, 1.54) is 0 Å². The fraction of sp³-hybridized carbons (Fsp3) is 0.200. The van der Waals surface area contributed by atoms with E-state index < -0.39 is 0 Å². The smallest absolute Gasteiger partial charge is 0.199 e. The zero-order chi connectivity index (χ0) is 15.6. The predicted molar refractivity (Wildman–Crippen MR) is 85.8 cm³/mol. The molecule has 4 nitrogen and oxygen atoms in total. The van der Waals surface area contributed by atoms with Gasteiger partial charge < -0.3 is 9.88 Å². The van der Waals surface area contributed by atoms with Crippen molar-refractivity contribution in [3.63, 3.8) is 0 Å². The van der Waals surface area contributed by atoms with Crippen LogP contribution >= 0.6 is 23.2 Å². The number of aromatic nitrogens is 2. The molecule has 21 heavy (non-hydrogen) atoms. The molecule has 1 heterocycles. The van der Waals surface area contributed by atoms with Crippen molar-refractivity contribution in [3.8, 4) is 0 Å². The van der Waals surface area contributed by atoms with Crippen LogP contribution < -0.4 is 0 Å². The van der Waals surface area contributed by atoms with Gasteiger partial charge in [0.1, 0.15) is 5.82 Å². The number of hydrogen-bond acceptors (Lipinski definition) is 3. The normalized spacial score (nSPS) is 11.6. The predicted octanol–water partition coefficient (Wildman–Crippen LogP) is 3.81. The highest BCUT2D eigenvalue weighted by molar-refractivity contribution is 6.40. The van der Waals surface area contributed by atoms with Crippen LogP contribution in [0.2, 0.25) is 10.0 Å². The Morgan fingerprint density at radius 2 is 2.05 bits per heavy atom. The molecule has 6 heteroatoms. The van der Waals surface area contributed by atoms with Crippen LogP contribution in [0.4, 0.5) is 0 Å². The minimum absolute atomic E-state index is 0.209. The number of aryl methyl sites for hydroxylation is 1. The van der Waals surface area contributed by atoms with Crippen molar-refractivity contribution in [1.29, 1.82) is 0 Å². The summed E-state index contributed by atoms with van der Waals surface area (Å²) in [6.45, 7) is 1.88. The first-order chi connectivity index (χ1) is 9.88. The van der Waals surface area contributed by atoms with Gasteiger partial charge in [-0.05, 0) is 25.1 Å². The van der Waals surface area contributed by atoms with Crippen LogP contribution in [-0.4, -0.2) is 34.7 Å². The molecule has 0 aliphatic heterocycles. The fourth-order valence-corrected chi connectivity index (χ4v) is 2.35. The largest absolute Gasteiger partial charge is 0.383 e. The van der Waals surface area contributed by atoms with E-state index in [2.05, 4.69) is 9.97 Å². The first-order valence-electron chi connectivity index (χ1n) is 6.28. The van der Waals surface area contributed by atoms with Crippen LogP contribution in [0.1, 0.15) is 21.9 Å². The van der Waals surface area contributed by atoms with Crippen LogP contribution in [0.5, 0.6) is 0 Å². The van der Waals surface area contributed by atoms with Gasteiger partial charge in [0.05, 0.1) is 10.6 Å². The molecule has 2 rings (SSSR count). The first kappa shape index (κ1) is 15.6. The third kappa shape index (κ3) is 3.65. The summed E-state index contributed by atoms with van der Waals surface area (Å²) in [4.78, 5) is 21.8. The van der Waals surface area contributed by atoms with Gasteiger partial charge in [0, 0.05) is 42.8 Å². The molecule has 1 aromatic carbocycles. The van der Waals surface area contributed by atoms with Gasteiger partial charge in [0.15, 0.2) is 5.78 Å². The number of benzene rings is 1. The second kappa shape index (κ2) is 6.33. The van der Waals surface area contributed by atoms with Crippen LogP contribution in [0.3, 0.4) is 0 Å². The maximum absolute atomic E-state index is 12.7. The molecule has 0 saturated heterocycles. The second-order valence-corrected chi connectivity index (χ2v) is 5.72. The van der Waals surface area contributed by atoms with Gasteiger partial charge in [-0.3, -0.25) is 4.79 Å². The molecule has 0 aliphatic rings. The molecule has 0 atom stereocenters. The summed E-state index contributed by atoms with van der Waals surface area (Å²) in [7, 11) is 3.68. The molecule has 1 N–H and O–H groups in total. The number of carbonyl (C=O) groups is 1.